The Balaban J connectivity index is 1.57. The van der Waals surface area contributed by atoms with Crippen LogP contribution in [0.15, 0.2) is 62.7 Å². The van der Waals surface area contributed by atoms with E-state index < -0.39 is 0 Å². The summed E-state index contributed by atoms with van der Waals surface area (Å²) in [6.45, 7) is -0.0742. The molecule has 2 N–H and O–H groups in total. The molecule has 6 nitrogen and oxygen atoms in total. The van der Waals surface area contributed by atoms with Crippen LogP contribution in [0.4, 0.5) is 5.82 Å². The molecule has 0 radical (unpaired) electrons. The minimum Gasteiger partial charge on any atom is -0.392 e. The highest BCUT2D eigenvalue weighted by molar-refractivity contribution is 6.05. The number of pyridine rings is 1. The number of allylic oxidation sites excluding steroid dienone is 3. The van der Waals surface area contributed by atoms with Crippen molar-refractivity contribution >= 4 is 11.7 Å². The Labute approximate surface area is 114 Å². The van der Waals surface area contributed by atoms with Gasteiger partial charge in [0.1, 0.15) is 5.82 Å². The number of aliphatic hydroxyl groups is 1. The van der Waals surface area contributed by atoms with Crippen molar-refractivity contribution in [3.63, 3.8) is 0 Å². The van der Waals surface area contributed by atoms with Crippen LogP contribution in [0.2, 0.25) is 0 Å². The average Bonchev–Trinajstić information content (AvgIpc) is 2.95. The van der Waals surface area contributed by atoms with E-state index in [2.05, 4.69) is 20.5 Å². The smallest absolute Gasteiger partial charge is 0.278 e. The molecule has 1 saturated carbocycles. The molecule has 2 aliphatic carbocycles. The van der Waals surface area contributed by atoms with E-state index in [4.69, 9.17) is 5.11 Å². The fraction of sp³-hybridized carbons (Fsp3) is 0.143. The van der Waals surface area contributed by atoms with Gasteiger partial charge in [0.15, 0.2) is 5.70 Å². The van der Waals surface area contributed by atoms with Gasteiger partial charge >= 0.3 is 0 Å². The van der Waals surface area contributed by atoms with E-state index in [1.807, 2.05) is 6.08 Å². The number of rotatable bonds is 3. The number of carbonyl (C=O) groups is 1. The van der Waals surface area contributed by atoms with Crippen LogP contribution in [-0.2, 0) is 11.4 Å². The summed E-state index contributed by atoms with van der Waals surface area (Å²) in [5.41, 5.74) is 5.14. The van der Waals surface area contributed by atoms with Gasteiger partial charge in [0.25, 0.3) is 5.91 Å². The number of hydrogen-bond donors (Lipinski definition) is 2. The van der Waals surface area contributed by atoms with Gasteiger partial charge in [-0.1, -0.05) is 6.07 Å². The van der Waals surface area contributed by atoms with Gasteiger partial charge in [-0.05, 0) is 28.9 Å². The summed E-state index contributed by atoms with van der Waals surface area (Å²) in [5, 5.41) is 19.6. The molecular weight excluding hydrogens is 256 g/mol. The van der Waals surface area contributed by atoms with Crippen molar-refractivity contribution in [1.29, 1.82) is 0 Å². The van der Waals surface area contributed by atoms with Gasteiger partial charge in [0.2, 0.25) is 0 Å². The largest absolute Gasteiger partial charge is 0.392 e. The van der Waals surface area contributed by atoms with E-state index >= 15 is 0 Å². The first-order valence-corrected chi connectivity index (χ1v) is 6.24. The molecule has 0 atom stereocenters. The summed E-state index contributed by atoms with van der Waals surface area (Å²) in [4.78, 5) is 16.2. The van der Waals surface area contributed by atoms with Crippen LogP contribution in [0.1, 0.15) is 12.0 Å². The summed E-state index contributed by atoms with van der Waals surface area (Å²) in [6.07, 6.45) is 4.46. The molecule has 0 unspecified atom stereocenters. The fourth-order valence-electron chi connectivity index (χ4n) is 2.31. The van der Waals surface area contributed by atoms with E-state index in [1.54, 1.807) is 12.1 Å². The molecule has 0 bridgehead atoms. The Morgan fingerprint density at radius 3 is 3.00 bits per heavy atom. The quantitative estimate of drug-likeness (QED) is 0.874. The van der Waals surface area contributed by atoms with Crippen LogP contribution < -0.4 is 5.32 Å². The molecule has 0 spiro atoms. The number of hydrogen-bond acceptors (Lipinski definition) is 5. The first-order chi connectivity index (χ1) is 9.76. The third kappa shape index (κ3) is 1.62. The van der Waals surface area contributed by atoms with Gasteiger partial charge in [-0.15, -0.1) is 10.2 Å². The first kappa shape index (κ1) is 11.2. The highest BCUT2D eigenvalue weighted by atomic mass is 16.3. The molecule has 20 heavy (non-hydrogen) atoms. The molecule has 2 heterocycles. The standard InChI is InChI=1S/C14H10N4O2/c19-6-7-1-2-11(15-5-7)16-14(20)13-10-4-8-3-9(8)12(10)17-18-13/h1-2,4-5,19H,3,6H2,(H,15,16,20). The zero-order chi connectivity index (χ0) is 13.7. The molecule has 1 aromatic heterocycles. The lowest BCUT2D eigenvalue weighted by atomic mass is 10.1. The van der Waals surface area contributed by atoms with E-state index in [-0.39, 0.29) is 12.5 Å². The van der Waals surface area contributed by atoms with Crippen molar-refractivity contribution in [3.8, 4) is 0 Å². The average molecular weight is 266 g/mol. The molecule has 1 aromatic rings. The number of nitrogens with one attached hydrogen (secondary N) is 1. The molecular formula is C14H10N4O2. The third-order valence-electron chi connectivity index (χ3n) is 3.46. The lowest BCUT2D eigenvalue weighted by molar-refractivity contribution is -0.112. The minimum absolute atomic E-state index is 0.0742. The Kier molecular flexibility index (Phi) is 2.22. The second kappa shape index (κ2) is 3.94. The number of azo groups is 1. The maximum Gasteiger partial charge on any atom is 0.278 e. The highest BCUT2D eigenvalue weighted by Crippen LogP contribution is 2.51. The van der Waals surface area contributed by atoms with Crippen molar-refractivity contribution in [1.82, 2.24) is 4.98 Å². The predicted octanol–water partition coefficient (Wildman–Crippen LogP) is 1.83. The van der Waals surface area contributed by atoms with Gasteiger partial charge in [-0.3, -0.25) is 4.79 Å². The molecule has 1 fully saturated rings. The second-order valence-corrected chi connectivity index (χ2v) is 4.80. The van der Waals surface area contributed by atoms with E-state index in [9.17, 15) is 4.79 Å². The number of aliphatic hydroxyl groups excluding tert-OH is 1. The lowest BCUT2D eigenvalue weighted by Gasteiger charge is -2.04. The normalized spacial score (nSPS) is 18.1. The van der Waals surface area contributed by atoms with E-state index in [0.717, 1.165) is 17.7 Å². The maximum atomic E-state index is 12.2. The van der Waals surface area contributed by atoms with E-state index in [1.165, 1.54) is 17.3 Å². The van der Waals surface area contributed by atoms with Gasteiger partial charge in [0.05, 0.1) is 12.3 Å². The van der Waals surface area contributed by atoms with Crippen LogP contribution in [0.5, 0.6) is 0 Å². The molecule has 1 aliphatic heterocycles. The zero-order valence-corrected chi connectivity index (χ0v) is 10.4. The number of anilines is 1. The molecule has 4 rings (SSSR count). The van der Waals surface area contributed by atoms with Crippen LogP contribution >= 0.6 is 0 Å². The van der Waals surface area contributed by atoms with Crippen molar-refractivity contribution in [2.45, 2.75) is 13.0 Å². The molecule has 98 valence electrons. The van der Waals surface area contributed by atoms with Crippen LogP contribution in [0, 0.1) is 0 Å². The fourth-order valence-corrected chi connectivity index (χ4v) is 2.31. The van der Waals surface area contributed by atoms with Gasteiger partial charge in [-0.25, -0.2) is 4.98 Å². The third-order valence-corrected chi connectivity index (χ3v) is 3.46. The Morgan fingerprint density at radius 1 is 1.35 bits per heavy atom. The summed E-state index contributed by atoms with van der Waals surface area (Å²) in [6, 6.07) is 3.35. The van der Waals surface area contributed by atoms with Crippen LogP contribution in [0.25, 0.3) is 0 Å². The monoisotopic (exact) mass is 266 g/mol. The number of aromatic nitrogens is 1. The number of fused-ring (bicyclic) bond motifs is 2. The van der Waals surface area contributed by atoms with Crippen molar-refractivity contribution in [2.75, 3.05) is 5.32 Å². The molecule has 6 heteroatoms. The van der Waals surface area contributed by atoms with Gasteiger partial charge < -0.3 is 10.4 Å². The first-order valence-electron chi connectivity index (χ1n) is 6.24. The lowest BCUT2D eigenvalue weighted by Crippen LogP contribution is -2.14. The summed E-state index contributed by atoms with van der Waals surface area (Å²) >= 11 is 0. The molecule has 0 aromatic carbocycles. The number of nitrogens with zero attached hydrogens (tertiary/aromatic N) is 3. The summed E-state index contributed by atoms with van der Waals surface area (Å²) < 4.78 is 0. The Bertz CT molecular complexity index is 754. The van der Waals surface area contributed by atoms with Crippen LogP contribution in [0.3, 0.4) is 0 Å². The zero-order valence-electron chi connectivity index (χ0n) is 10.4. The number of amides is 1. The molecule has 0 saturated heterocycles. The SMILES string of the molecule is O=C(Nc1ccc(CO)cn1)C1=C2C=C3CC3=C2N=N1. The predicted molar refractivity (Wildman–Crippen MR) is 70.4 cm³/mol. The Morgan fingerprint density at radius 2 is 2.25 bits per heavy atom. The van der Waals surface area contributed by atoms with Gasteiger partial charge in [0, 0.05) is 18.2 Å². The minimum atomic E-state index is -0.318. The summed E-state index contributed by atoms with van der Waals surface area (Å²) in [5.74, 6) is 0.106. The topological polar surface area (TPSA) is 86.9 Å². The van der Waals surface area contributed by atoms with Crippen molar-refractivity contribution < 1.29 is 9.90 Å². The Hall–Kier alpha value is -2.60. The summed E-state index contributed by atoms with van der Waals surface area (Å²) in [7, 11) is 0. The second-order valence-electron chi connectivity index (χ2n) is 4.80. The maximum absolute atomic E-state index is 12.2. The molecule has 3 aliphatic rings. The van der Waals surface area contributed by atoms with Gasteiger partial charge in [-0.2, -0.15) is 0 Å². The van der Waals surface area contributed by atoms with Crippen LogP contribution in [-0.4, -0.2) is 16.0 Å². The number of carbonyl (C=O) groups excluding carboxylic acids is 1. The highest BCUT2D eigenvalue weighted by Gasteiger charge is 2.38. The van der Waals surface area contributed by atoms with Crippen molar-refractivity contribution in [2.24, 2.45) is 10.2 Å². The van der Waals surface area contributed by atoms with E-state index in [0.29, 0.717) is 17.1 Å². The van der Waals surface area contributed by atoms with Crippen molar-refractivity contribution in [3.05, 3.63) is 58.1 Å². The molecule has 1 amide bonds.